The smallest absolute Gasteiger partial charge is 0.203 e. The van der Waals surface area contributed by atoms with Crippen LogP contribution in [0.15, 0.2) is 30.3 Å². The lowest BCUT2D eigenvalue weighted by Gasteiger charge is -2.27. The van der Waals surface area contributed by atoms with Crippen LogP contribution in [0.5, 0.6) is 0 Å². The van der Waals surface area contributed by atoms with Gasteiger partial charge in [0.15, 0.2) is 9.84 Å². The van der Waals surface area contributed by atoms with E-state index in [4.69, 9.17) is 17.3 Å². The summed E-state index contributed by atoms with van der Waals surface area (Å²) in [6.07, 6.45) is 5.32. The molecule has 2 heterocycles. The third-order valence-corrected chi connectivity index (χ3v) is 7.96. The molecule has 27 heavy (non-hydrogen) atoms. The Morgan fingerprint density at radius 1 is 1.07 bits per heavy atom. The van der Waals surface area contributed by atoms with Gasteiger partial charge in [-0.25, -0.2) is 13.1 Å². The Bertz CT molecular complexity index is 1000. The first-order chi connectivity index (χ1) is 13.0. The predicted octanol–water partition coefficient (Wildman–Crippen LogP) is 2.89. The third-order valence-electron chi connectivity index (χ3n) is 5.81. The largest absolute Gasteiger partial charge is 0.277 e. The van der Waals surface area contributed by atoms with Gasteiger partial charge in [-0.3, -0.25) is 9.47 Å². The van der Waals surface area contributed by atoms with Crippen molar-refractivity contribution < 1.29 is 8.42 Å². The van der Waals surface area contributed by atoms with Crippen molar-refractivity contribution >= 4 is 22.1 Å². The molecule has 0 unspecified atom stereocenters. The van der Waals surface area contributed by atoms with E-state index in [1.807, 2.05) is 22.9 Å². The Kier molecular flexibility index (Phi) is 4.25. The Morgan fingerprint density at radius 2 is 1.81 bits per heavy atom. The van der Waals surface area contributed by atoms with E-state index in [2.05, 4.69) is 21.6 Å². The van der Waals surface area contributed by atoms with Gasteiger partial charge in [0.25, 0.3) is 0 Å². The Hall–Kier alpha value is -1.51. The Balaban J connectivity index is 1.49. The first kappa shape index (κ1) is 17.6. The number of hydrogen-bond donors (Lipinski definition) is 0. The average molecular weight is 405 g/mol. The van der Waals surface area contributed by atoms with E-state index in [-0.39, 0.29) is 11.8 Å². The summed E-state index contributed by atoms with van der Waals surface area (Å²) in [5.74, 6) is 2.10. The summed E-state index contributed by atoms with van der Waals surface area (Å²) < 4.78 is 28.7. The monoisotopic (exact) mass is 404 g/mol. The SMILES string of the molecule is O=S1(=O)CC[C@@H](N(Cn2nc(C3CC3)n(-c3ccccc3)c2=S)C2CC2)C1. The highest BCUT2D eigenvalue weighted by molar-refractivity contribution is 7.91. The Labute approximate surface area is 164 Å². The van der Waals surface area contributed by atoms with E-state index in [0.717, 1.165) is 43.6 Å². The number of benzene rings is 1. The molecular formula is C19H24N4O2S2. The van der Waals surface area contributed by atoms with Gasteiger partial charge in [-0.05, 0) is 56.5 Å². The number of hydrogen-bond acceptors (Lipinski definition) is 5. The molecule has 2 aromatic rings. The van der Waals surface area contributed by atoms with E-state index in [1.165, 1.54) is 0 Å². The van der Waals surface area contributed by atoms with Crippen molar-refractivity contribution in [2.24, 2.45) is 0 Å². The van der Waals surface area contributed by atoms with E-state index < -0.39 is 9.84 Å². The first-order valence-corrected chi connectivity index (χ1v) is 12.0. The fraction of sp³-hybridized carbons (Fsp3) is 0.579. The minimum absolute atomic E-state index is 0.0932. The second-order valence-electron chi connectivity index (χ2n) is 8.03. The zero-order valence-corrected chi connectivity index (χ0v) is 16.8. The van der Waals surface area contributed by atoms with E-state index in [1.54, 1.807) is 0 Å². The molecule has 1 aromatic carbocycles. The minimum atomic E-state index is -2.90. The Morgan fingerprint density at radius 3 is 2.41 bits per heavy atom. The number of rotatable bonds is 6. The molecular weight excluding hydrogens is 380 g/mol. The molecule has 3 aliphatic rings. The van der Waals surface area contributed by atoms with E-state index in [0.29, 0.717) is 29.2 Å². The minimum Gasteiger partial charge on any atom is -0.277 e. The zero-order chi connectivity index (χ0) is 18.6. The molecule has 0 spiro atoms. The van der Waals surface area contributed by atoms with Gasteiger partial charge in [-0.2, -0.15) is 5.10 Å². The predicted molar refractivity (Wildman–Crippen MR) is 106 cm³/mol. The molecule has 1 saturated heterocycles. The molecule has 3 fully saturated rings. The summed E-state index contributed by atoms with van der Waals surface area (Å²) in [5.41, 5.74) is 1.05. The summed E-state index contributed by atoms with van der Waals surface area (Å²) >= 11 is 5.81. The van der Waals surface area contributed by atoms with Crippen molar-refractivity contribution in [3.8, 4) is 5.69 Å². The van der Waals surface area contributed by atoms with E-state index in [9.17, 15) is 8.42 Å². The quantitative estimate of drug-likeness (QED) is 0.693. The molecule has 6 nitrogen and oxygen atoms in total. The van der Waals surface area contributed by atoms with Crippen LogP contribution in [0.25, 0.3) is 5.69 Å². The summed E-state index contributed by atoms with van der Waals surface area (Å²) in [6, 6.07) is 10.7. The summed E-state index contributed by atoms with van der Waals surface area (Å²) in [5, 5.41) is 4.89. The maximum atomic E-state index is 12.0. The van der Waals surface area contributed by atoms with Gasteiger partial charge in [0.05, 0.1) is 18.2 Å². The van der Waals surface area contributed by atoms with Crippen LogP contribution in [0, 0.1) is 4.77 Å². The van der Waals surface area contributed by atoms with Crippen LogP contribution in [-0.2, 0) is 16.5 Å². The third kappa shape index (κ3) is 3.50. The average Bonchev–Trinajstić information content (AvgIpc) is 3.57. The topological polar surface area (TPSA) is 60.1 Å². The van der Waals surface area contributed by atoms with Crippen molar-refractivity contribution in [3.05, 3.63) is 40.9 Å². The van der Waals surface area contributed by atoms with Crippen molar-refractivity contribution in [2.45, 2.75) is 56.8 Å². The molecule has 144 valence electrons. The highest BCUT2D eigenvalue weighted by Crippen LogP contribution is 2.40. The molecule has 1 atom stereocenters. The van der Waals surface area contributed by atoms with Crippen molar-refractivity contribution in [1.29, 1.82) is 0 Å². The molecule has 8 heteroatoms. The number of nitrogens with zero attached hydrogens (tertiary/aromatic N) is 4. The number of sulfone groups is 1. The van der Waals surface area contributed by atoms with Gasteiger partial charge < -0.3 is 0 Å². The first-order valence-electron chi connectivity index (χ1n) is 9.73. The van der Waals surface area contributed by atoms with Crippen LogP contribution < -0.4 is 0 Å². The van der Waals surface area contributed by atoms with Crippen LogP contribution >= 0.6 is 12.2 Å². The van der Waals surface area contributed by atoms with Crippen LogP contribution in [0.1, 0.15) is 43.8 Å². The molecule has 5 rings (SSSR count). The molecule has 1 aromatic heterocycles. The lowest BCUT2D eigenvalue weighted by Crippen LogP contribution is -2.39. The van der Waals surface area contributed by atoms with Crippen LogP contribution in [-0.4, -0.2) is 51.3 Å². The molecule has 0 amide bonds. The van der Waals surface area contributed by atoms with Crippen molar-refractivity contribution in [3.63, 3.8) is 0 Å². The van der Waals surface area contributed by atoms with Gasteiger partial charge in [0.1, 0.15) is 5.82 Å². The number of para-hydroxylation sites is 1. The molecule has 2 saturated carbocycles. The van der Waals surface area contributed by atoms with Crippen LogP contribution in [0.3, 0.4) is 0 Å². The fourth-order valence-electron chi connectivity index (χ4n) is 4.07. The lowest BCUT2D eigenvalue weighted by molar-refractivity contribution is 0.145. The normalized spacial score (nSPS) is 24.6. The lowest BCUT2D eigenvalue weighted by atomic mass is 10.2. The standard InChI is InChI=1S/C19H24N4O2S2/c24-27(25)11-10-17(12-27)21(15-8-9-15)13-22-19(26)23(16-4-2-1-3-5-16)18(20-22)14-6-7-14/h1-5,14-15,17H,6-13H2/t17-/m1/s1. The highest BCUT2D eigenvalue weighted by Gasteiger charge is 2.40. The van der Waals surface area contributed by atoms with Crippen LogP contribution in [0.4, 0.5) is 0 Å². The van der Waals surface area contributed by atoms with Gasteiger partial charge in [0.2, 0.25) is 4.77 Å². The van der Waals surface area contributed by atoms with Crippen molar-refractivity contribution in [1.82, 2.24) is 19.2 Å². The number of aromatic nitrogens is 3. The second kappa shape index (κ2) is 6.53. The van der Waals surface area contributed by atoms with Gasteiger partial charge >= 0.3 is 0 Å². The summed E-state index contributed by atoms with van der Waals surface area (Å²) in [6.45, 7) is 0.587. The van der Waals surface area contributed by atoms with Gasteiger partial charge in [-0.15, -0.1) is 0 Å². The molecule has 2 aliphatic carbocycles. The molecule has 0 N–H and O–H groups in total. The van der Waals surface area contributed by atoms with Gasteiger partial charge in [0, 0.05) is 23.7 Å². The molecule has 1 aliphatic heterocycles. The maximum absolute atomic E-state index is 12.0. The van der Waals surface area contributed by atoms with Crippen molar-refractivity contribution in [2.75, 3.05) is 11.5 Å². The zero-order valence-electron chi connectivity index (χ0n) is 15.2. The summed E-state index contributed by atoms with van der Waals surface area (Å²) in [4.78, 5) is 2.33. The van der Waals surface area contributed by atoms with E-state index >= 15 is 0 Å². The molecule has 0 bridgehead atoms. The summed E-state index contributed by atoms with van der Waals surface area (Å²) in [7, 11) is -2.90. The highest BCUT2D eigenvalue weighted by atomic mass is 32.2. The maximum Gasteiger partial charge on any atom is 0.203 e. The fourth-order valence-corrected chi connectivity index (χ4v) is 6.11. The van der Waals surface area contributed by atoms with Gasteiger partial charge in [-0.1, -0.05) is 18.2 Å². The van der Waals surface area contributed by atoms with Crippen LogP contribution in [0.2, 0.25) is 0 Å². The second-order valence-corrected chi connectivity index (χ2v) is 10.6. The molecule has 0 radical (unpaired) electrons.